The van der Waals surface area contributed by atoms with Crippen molar-refractivity contribution in [1.82, 2.24) is 9.80 Å². The Hall–Kier alpha value is -1.30. The average molecular weight is 258 g/mol. The molecular weight excluding hydrogens is 236 g/mol. The number of carboxylic acid groups (broad SMARTS) is 1. The molecule has 1 unspecified atom stereocenters. The van der Waals surface area contributed by atoms with Gasteiger partial charge in [0.2, 0.25) is 0 Å². The van der Waals surface area contributed by atoms with Crippen LogP contribution in [0.3, 0.4) is 0 Å². The number of nitrogens with zero attached hydrogens (tertiary/aromatic N) is 2. The molecular formula is C12H22N2O4. The summed E-state index contributed by atoms with van der Waals surface area (Å²) >= 11 is 0. The first-order chi connectivity index (χ1) is 8.56. The van der Waals surface area contributed by atoms with Crippen molar-refractivity contribution in [3.63, 3.8) is 0 Å². The highest BCUT2D eigenvalue weighted by atomic mass is 16.4. The Balaban J connectivity index is 2.43. The number of piperidine rings is 1. The molecule has 6 heteroatoms. The summed E-state index contributed by atoms with van der Waals surface area (Å²) in [6.07, 6.45) is 3.37. The smallest absolute Gasteiger partial charge is 0.320 e. The average Bonchev–Trinajstić information content (AvgIpc) is 2.37. The van der Waals surface area contributed by atoms with Gasteiger partial charge in [-0.3, -0.25) is 4.79 Å². The van der Waals surface area contributed by atoms with Gasteiger partial charge in [0.15, 0.2) is 0 Å². The van der Waals surface area contributed by atoms with E-state index in [4.69, 9.17) is 5.11 Å². The van der Waals surface area contributed by atoms with Crippen molar-refractivity contribution in [3.05, 3.63) is 0 Å². The van der Waals surface area contributed by atoms with Crippen LogP contribution in [0.25, 0.3) is 0 Å². The molecule has 18 heavy (non-hydrogen) atoms. The molecule has 1 aliphatic rings. The second kappa shape index (κ2) is 7.20. The van der Waals surface area contributed by atoms with E-state index in [-0.39, 0.29) is 25.1 Å². The third-order valence-electron chi connectivity index (χ3n) is 3.29. The van der Waals surface area contributed by atoms with E-state index in [1.165, 1.54) is 4.90 Å². The number of amides is 2. The van der Waals surface area contributed by atoms with E-state index in [0.29, 0.717) is 19.5 Å². The maximum atomic E-state index is 12.1. The van der Waals surface area contributed by atoms with Crippen molar-refractivity contribution in [2.75, 3.05) is 26.7 Å². The number of aliphatic hydroxyl groups is 1. The van der Waals surface area contributed by atoms with Crippen molar-refractivity contribution in [2.24, 2.45) is 0 Å². The molecule has 0 bridgehead atoms. The van der Waals surface area contributed by atoms with Crippen LogP contribution >= 0.6 is 0 Å². The van der Waals surface area contributed by atoms with Crippen molar-refractivity contribution in [2.45, 2.75) is 38.1 Å². The quantitative estimate of drug-likeness (QED) is 0.762. The van der Waals surface area contributed by atoms with E-state index in [1.807, 2.05) is 0 Å². The fraction of sp³-hybridized carbons (Fsp3) is 0.833. The Bertz CT molecular complexity index is 296. The van der Waals surface area contributed by atoms with Gasteiger partial charge in [0.1, 0.15) is 0 Å². The Morgan fingerprint density at radius 3 is 2.72 bits per heavy atom. The molecule has 1 atom stereocenters. The predicted octanol–water partition coefficient (Wildman–Crippen LogP) is 0.750. The van der Waals surface area contributed by atoms with Crippen LogP contribution < -0.4 is 0 Å². The van der Waals surface area contributed by atoms with Gasteiger partial charge in [-0.2, -0.15) is 0 Å². The zero-order valence-corrected chi connectivity index (χ0v) is 10.8. The Morgan fingerprint density at radius 2 is 2.11 bits per heavy atom. The first-order valence-electron chi connectivity index (χ1n) is 6.40. The fourth-order valence-corrected chi connectivity index (χ4v) is 2.22. The fourth-order valence-electron chi connectivity index (χ4n) is 2.22. The lowest BCUT2D eigenvalue weighted by molar-refractivity contribution is -0.137. The van der Waals surface area contributed by atoms with E-state index >= 15 is 0 Å². The summed E-state index contributed by atoms with van der Waals surface area (Å²) in [6.45, 7) is 1.10. The summed E-state index contributed by atoms with van der Waals surface area (Å²) in [5, 5.41) is 17.8. The van der Waals surface area contributed by atoms with Gasteiger partial charge in [-0.1, -0.05) is 0 Å². The molecule has 2 amide bonds. The maximum absolute atomic E-state index is 12.1. The number of carbonyl (C=O) groups excluding carboxylic acids is 1. The zero-order valence-electron chi connectivity index (χ0n) is 10.8. The topological polar surface area (TPSA) is 81.1 Å². The number of rotatable bonds is 5. The lowest BCUT2D eigenvalue weighted by Gasteiger charge is -2.37. The number of urea groups is 1. The molecule has 0 saturated carbocycles. The highest BCUT2D eigenvalue weighted by Gasteiger charge is 2.27. The first kappa shape index (κ1) is 14.8. The Labute approximate surface area is 107 Å². The van der Waals surface area contributed by atoms with Crippen LogP contribution in [0.2, 0.25) is 0 Å². The number of hydrogen-bond donors (Lipinski definition) is 2. The molecule has 1 saturated heterocycles. The van der Waals surface area contributed by atoms with Gasteiger partial charge in [-0.05, 0) is 25.7 Å². The molecule has 6 nitrogen and oxygen atoms in total. The van der Waals surface area contributed by atoms with E-state index in [2.05, 4.69) is 0 Å². The summed E-state index contributed by atoms with van der Waals surface area (Å²) in [5.74, 6) is -0.845. The highest BCUT2D eigenvalue weighted by molar-refractivity contribution is 5.74. The molecule has 1 rings (SSSR count). The van der Waals surface area contributed by atoms with Gasteiger partial charge in [0, 0.05) is 26.6 Å². The van der Waals surface area contributed by atoms with Crippen LogP contribution in [-0.4, -0.2) is 64.8 Å². The van der Waals surface area contributed by atoms with E-state index < -0.39 is 5.97 Å². The zero-order chi connectivity index (χ0) is 13.5. The second-order valence-corrected chi connectivity index (χ2v) is 4.73. The van der Waals surface area contributed by atoms with E-state index in [1.54, 1.807) is 11.9 Å². The molecule has 2 N–H and O–H groups in total. The van der Waals surface area contributed by atoms with Gasteiger partial charge < -0.3 is 20.0 Å². The van der Waals surface area contributed by atoms with Crippen LogP contribution in [0.1, 0.15) is 32.1 Å². The highest BCUT2D eigenvalue weighted by Crippen LogP contribution is 2.18. The number of carboxylic acids is 1. The molecule has 0 aliphatic carbocycles. The van der Waals surface area contributed by atoms with Gasteiger partial charge in [0.25, 0.3) is 0 Å². The van der Waals surface area contributed by atoms with Crippen molar-refractivity contribution >= 4 is 12.0 Å². The van der Waals surface area contributed by atoms with Crippen molar-refractivity contribution < 1.29 is 19.8 Å². The first-order valence-corrected chi connectivity index (χ1v) is 6.40. The lowest BCUT2D eigenvalue weighted by Crippen LogP contribution is -2.50. The summed E-state index contributed by atoms with van der Waals surface area (Å²) < 4.78 is 0. The number of aliphatic carboxylic acids is 1. The second-order valence-electron chi connectivity index (χ2n) is 4.73. The molecule has 1 heterocycles. The van der Waals surface area contributed by atoms with Crippen LogP contribution in [-0.2, 0) is 4.79 Å². The molecule has 0 aromatic carbocycles. The number of carbonyl (C=O) groups is 2. The normalized spacial score (nSPS) is 19.7. The molecule has 0 radical (unpaired) electrons. The van der Waals surface area contributed by atoms with Gasteiger partial charge >= 0.3 is 12.0 Å². The lowest BCUT2D eigenvalue weighted by atomic mass is 10.0. The van der Waals surface area contributed by atoms with Crippen LogP contribution in [0.15, 0.2) is 0 Å². The Kier molecular flexibility index (Phi) is 5.91. The third-order valence-corrected chi connectivity index (χ3v) is 3.29. The minimum Gasteiger partial charge on any atom is -0.481 e. The third kappa shape index (κ3) is 4.18. The van der Waals surface area contributed by atoms with E-state index in [9.17, 15) is 14.7 Å². The van der Waals surface area contributed by atoms with Crippen LogP contribution in [0.4, 0.5) is 4.79 Å². The molecule has 0 aromatic heterocycles. The molecule has 1 aliphatic heterocycles. The Morgan fingerprint density at radius 1 is 1.39 bits per heavy atom. The van der Waals surface area contributed by atoms with Gasteiger partial charge in [-0.25, -0.2) is 4.79 Å². The van der Waals surface area contributed by atoms with Crippen LogP contribution in [0, 0.1) is 0 Å². The minimum absolute atomic E-state index is 0.00525. The maximum Gasteiger partial charge on any atom is 0.320 e. The van der Waals surface area contributed by atoms with Gasteiger partial charge in [0.05, 0.1) is 12.6 Å². The number of aliphatic hydroxyl groups excluding tert-OH is 1. The van der Waals surface area contributed by atoms with Gasteiger partial charge in [-0.15, -0.1) is 0 Å². The summed E-state index contributed by atoms with van der Waals surface area (Å²) in [7, 11) is 1.67. The number of hydrogen-bond acceptors (Lipinski definition) is 3. The molecule has 1 fully saturated rings. The molecule has 0 spiro atoms. The molecule has 104 valence electrons. The SMILES string of the molecule is CN(CCCC(=O)O)C(=O)N1CCCCC1CO. The minimum atomic E-state index is -0.845. The molecule has 0 aromatic rings. The van der Waals surface area contributed by atoms with E-state index in [0.717, 1.165) is 19.3 Å². The van der Waals surface area contributed by atoms with Crippen molar-refractivity contribution in [3.8, 4) is 0 Å². The summed E-state index contributed by atoms with van der Waals surface area (Å²) in [4.78, 5) is 25.8. The predicted molar refractivity (Wildman–Crippen MR) is 66.3 cm³/mol. The van der Waals surface area contributed by atoms with Crippen molar-refractivity contribution in [1.29, 1.82) is 0 Å². The largest absolute Gasteiger partial charge is 0.481 e. The van der Waals surface area contributed by atoms with Crippen LogP contribution in [0.5, 0.6) is 0 Å². The summed E-state index contributed by atoms with van der Waals surface area (Å²) in [6, 6.07) is -0.202. The number of likely N-dealkylation sites (tertiary alicyclic amines) is 1. The monoisotopic (exact) mass is 258 g/mol. The standard InChI is InChI=1S/C12H22N2O4/c1-13(7-4-6-11(16)17)12(18)14-8-3-2-5-10(14)9-15/h10,15H,2-9H2,1H3,(H,16,17). The summed E-state index contributed by atoms with van der Waals surface area (Å²) in [5.41, 5.74) is 0.